The SMILES string of the molecule is CCCCCCCCCCNCCCC#N. The molecule has 94 valence electrons. The Balaban J connectivity index is 2.86. The van der Waals surface area contributed by atoms with Gasteiger partial charge in [0.05, 0.1) is 6.07 Å². The number of rotatable bonds is 12. The number of hydrogen-bond acceptors (Lipinski definition) is 2. The van der Waals surface area contributed by atoms with Gasteiger partial charge in [-0.05, 0) is 25.9 Å². The molecule has 1 N–H and O–H groups in total. The zero-order valence-electron chi connectivity index (χ0n) is 10.9. The van der Waals surface area contributed by atoms with Gasteiger partial charge in [-0.25, -0.2) is 0 Å². The molecule has 0 unspecified atom stereocenters. The Kier molecular flexibility index (Phi) is 14.0. The Morgan fingerprint density at radius 3 is 2.00 bits per heavy atom. The molecule has 0 aromatic heterocycles. The first-order valence-corrected chi connectivity index (χ1v) is 6.99. The minimum atomic E-state index is 0.685. The van der Waals surface area contributed by atoms with Crippen LogP contribution in [0.4, 0.5) is 0 Å². The first-order valence-electron chi connectivity index (χ1n) is 6.99. The predicted molar refractivity (Wildman–Crippen MR) is 70.3 cm³/mol. The highest BCUT2D eigenvalue weighted by Gasteiger charge is 1.91. The molecule has 2 nitrogen and oxygen atoms in total. The fraction of sp³-hybridized carbons (Fsp3) is 0.929. The number of nitrogens with zero attached hydrogens (tertiary/aromatic N) is 1. The first-order chi connectivity index (χ1) is 7.91. The molecule has 0 atom stereocenters. The maximum atomic E-state index is 8.35. The molecule has 0 aliphatic rings. The molecular weight excluding hydrogens is 196 g/mol. The number of unbranched alkanes of at least 4 members (excludes halogenated alkanes) is 8. The van der Waals surface area contributed by atoms with Crippen LogP contribution in [0.25, 0.3) is 0 Å². The van der Waals surface area contributed by atoms with Crippen molar-refractivity contribution in [1.29, 1.82) is 5.26 Å². The molecule has 0 aliphatic carbocycles. The van der Waals surface area contributed by atoms with Gasteiger partial charge in [-0.2, -0.15) is 5.26 Å². The average molecular weight is 224 g/mol. The molecule has 0 amide bonds. The van der Waals surface area contributed by atoms with Crippen LogP contribution < -0.4 is 5.32 Å². The van der Waals surface area contributed by atoms with Crippen molar-refractivity contribution in [2.45, 2.75) is 71.1 Å². The summed E-state index contributed by atoms with van der Waals surface area (Å²) in [6.45, 7) is 4.39. The topological polar surface area (TPSA) is 35.8 Å². The van der Waals surface area contributed by atoms with Gasteiger partial charge in [0.1, 0.15) is 0 Å². The van der Waals surface area contributed by atoms with Gasteiger partial charge in [0.15, 0.2) is 0 Å². The van der Waals surface area contributed by atoms with Crippen LogP contribution in [0.1, 0.15) is 71.1 Å². The summed E-state index contributed by atoms with van der Waals surface area (Å²) in [5, 5.41) is 11.7. The lowest BCUT2D eigenvalue weighted by molar-refractivity contribution is 0.552. The molecule has 0 heterocycles. The quantitative estimate of drug-likeness (QED) is 0.508. The highest BCUT2D eigenvalue weighted by atomic mass is 14.8. The molecule has 0 aromatic carbocycles. The highest BCUT2D eigenvalue weighted by Crippen LogP contribution is 2.07. The minimum absolute atomic E-state index is 0.685. The summed E-state index contributed by atoms with van der Waals surface area (Å²) >= 11 is 0. The molecule has 0 fully saturated rings. The third-order valence-corrected chi connectivity index (χ3v) is 2.85. The largest absolute Gasteiger partial charge is 0.317 e. The molecule has 0 spiro atoms. The summed E-state index contributed by atoms with van der Waals surface area (Å²) in [6, 6.07) is 2.16. The fourth-order valence-corrected chi connectivity index (χ4v) is 1.80. The van der Waals surface area contributed by atoms with Crippen molar-refractivity contribution in [3.8, 4) is 6.07 Å². The van der Waals surface area contributed by atoms with Crippen molar-refractivity contribution in [1.82, 2.24) is 5.32 Å². The smallest absolute Gasteiger partial charge is 0.0622 e. The van der Waals surface area contributed by atoms with Crippen molar-refractivity contribution in [2.75, 3.05) is 13.1 Å². The summed E-state index contributed by atoms with van der Waals surface area (Å²) in [4.78, 5) is 0. The van der Waals surface area contributed by atoms with Gasteiger partial charge >= 0.3 is 0 Å². The standard InChI is InChI=1S/C14H28N2/c1-2-3-4-5-6-7-8-10-13-16-14-11-9-12-15/h16H,2-11,13-14H2,1H3. The van der Waals surface area contributed by atoms with Gasteiger partial charge in [-0.1, -0.05) is 51.9 Å². The zero-order valence-corrected chi connectivity index (χ0v) is 10.9. The molecule has 0 radical (unpaired) electrons. The van der Waals surface area contributed by atoms with E-state index in [0.717, 1.165) is 19.5 Å². The van der Waals surface area contributed by atoms with Crippen LogP contribution in [0.2, 0.25) is 0 Å². The molecule has 0 saturated carbocycles. The van der Waals surface area contributed by atoms with E-state index in [1.165, 1.54) is 51.4 Å². The van der Waals surface area contributed by atoms with E-state index >= 15 is 0 Å². The lowest BCUT2D eigenvalue weighted by Crippen LogP contribution is -2.16. The van der Waals surface area contributed by atoms with E-state index in [0.29, 0.717) is 6.42 Å². The van der Waals surface area contributed by atoms with Gasteiger partial charge < -0.3 is 5.32 Å². The molecule has 0 aromatic rings. The average Bonchev–Trinajstić information content (AvgIpc) is 2.31. The maximum absolute atomic E-state index is 8.35. The van der Waals surface area contributed by atoms with E-state index in [1.807, 2.05) is 0 Å². The normalized spacial score (nSPS) is 10.2. The van der Waals surface area contributed by atoms with E-state index in [-0.39, 0.29) is 0 Å². The van der Waals surface area contributed by atoms with Crippen molar-refractivity contribution in [2.24, 2.45) is 0 Å². The Morgan fingerprint density at radius 2 is 1.38 bits per heavy atom. The van der Waals surface area contributed by atoms with Crippen LogP contribution in [-0.2, 0) is 0 Å². The van der Waals surface area contributed by atoms with Crippen molar-refractivity contribution >= 4 is 0 Å². The second-order valence-corrected chi connectivity index (χ2v) is 4.49. The van der Waals surface area contributed by atoms with Crippen LogP contribution in [0.3, 0.4) is 0 Å². The van der Waals surface area contributed by atoms with Crippen molar-refractivity contribution in [3.05, 3.63) is 0 Å². The van der Waals surface area contributed by atoms with Crippen molar-refractivity contribution < 1.29 is 0 Å². The summed E-state index contributed by atoms with van der Waals surface area (Å²) in [6.07, 6.45) is 12.7. The highest BCUT2D eigenvalue weighted by molar-refractivity contribution is 4.68. The molecular formula is C14H28N2. The van der Waals surface area contributed by atoms with Crippen LogP contribution in [0.15, 0.2) is 0 Å². The predicted octanol–water partition coefficient (Wildman–Crippen LogP) is 4.02. The summed E-state index contributed by atoms with van der Waals surface area (Å²) in [5.74, 6) is 0. The van der Waals surface area contributed by atoms with Gasteiger partial charge in [-0.3, -0.25) is 0 Å². The van der Waals surface area contributed by atoms with Crippen LogP contribution in [0.5, 0.6) is 0 Å². The molecule has 0 aliphatic heterocycles. The van der Waals surface area contributed by atoms with Gasteiger partial charge in [-0.15, -0.1) is 0 Å². The molecule has 2 heteroatoms. The van der Waals surface area contributed by atoms with Crippen LogP contribution >= 0.6 is 0 Å². The number of nitriles is 1. The van der Waals surface area contributed by atoms with Crippen molar-refractivity contribution in [3.63, 3.8) is 0 Å². The summed E-state index contributed by atoms with van der Waals surface area (Å²) < 4.78 is 0. The molecule has 16 heavy (non-hydrogen) atoms. The van der Waals surface area contributed by atoms with Gasteiger partial charge in [0, 0.05) is 6.42 Å². The lowest BCUT2D eigenvalue weighted by atomic mass is 10.1. The Morgan fingerprint density at radius 1 is 0.812 bits per heavy atom. The third kappa shape index (κ3) is 13.4. The molecule has 0 bridgehead atoms. The molecule has 0 saturated heterocycles. The minimum Gasteiger partial charge on any atom is -0.317 e. The Hall–Kier alpha value is -0.550. The zero-order chi connectivity index (χ0) is 11.9. The summed E-state index contributed by atoms with van der Waals surface area (Å²) in [5.41, 5.74) is 0. The third-order valence-electron chi connectivity index (χ3n) is 2.85. The van der Waals surface area contributed by atoms with Crippen LogP contribution in [-0.4, -0.2) is 13.1 Å². The van der Waals surface area contributed by atoms with Crippen LogP contribution in [0, 0.1) is 11.3 Å². The molecule has 0 rings (SSSR count). The maximum Gasteiger partial charge on any atom is 0.0622 e. The first kappa shape index (κ1) is 15.4. The van der Waals surface area contributed by atoms with E-state index < -0.39 is 0 Å². The lowest BCUT2D eigenvalue weighted by Gasteiger charge is -2.03. The van der Waals surface area contributed by atoms with E-state index in [2.05, 4.69) is 18.3 Å². The Labute approximate surface area is 101 Å². The van der Waals surface area contributed by atoms with Gasteiger partial charge in [0.25, 0.3) is 0 Å². The Bertz CT molecular complexity index is 161. The van der Waals surface area contributed by atoms with E-state index in [4.69, 9.17) is 5.26 Å². The summed E-state index contributed by atoms with van der Waals surface area (Å²) in [7, 11) is 0. The second kappa shape index (κ2) is 14.5. The number of nitrogens with one attached hydrogen (secondary N) is 1. The monoisotopic (exact) mass is 224 g/mol. The fourth-order valence-electron chi connectivity index (χ4n) is 1.80. The van der Waals surface area contributed by atoms with Gasteiger partial charge in [0.2, 0.25) is 0 Å². The van der Waals surface area contributed by atoms with E-state index in [9.17, 15) is 0 Å². The van der Waals surface area contributed by atoms with E-state index in [1.54, 1.807) is 0 Å². The number of hydrogen-bond donors (Lipinski definition) is 1. The second-order valence-electron chi connectivity index (χ2n) is 4.49.